The number of anilines is 1. The molecule has 0 saturated carbocycles. The minimum Gasteiger partial charge on any atom is -0.466 e. The van der Waals surface area contributed by atoms with Crippen LogP contribution < -0.4 is 10.6 Å². The topological polar surface area (TPSA) is 128 Å². The molecular formula is C16H17N3O6. The van der Waals surface area contributed by atoms with E-state index in [1.54, 1.807) is 6.92 Å². The summed E-state index contributed by atoms with van der Waals surface area (Å²) in [5, 5.41) is 16.0. The van der Waals surface area contributed by atoms with Crippen LogP contribution in [0.5, 0.6) is 0 Å². The molecule has 9 heteroatoms. The van der Waals surface area contributed by atoms with Gasteiger partial charge in [0.05, 0.1) is 23.5 Å². The number of amides is 2. The van der Waals surface area contributed by atoms with Gasteiger partial charge in [-0.15, -0.1) is 0 Å². The minimum atomic E-state index is -1.04. The van der Waals surface area contributed by atoms with Gasteiger partial charge in [-0.3, -0.25) is 19.7 Å². The Labute approximate surface area is 143 Å². The molecule has 0 spiro atoms. The molecule has 0 fully saturated rings. The standard InChI is InChI=1S/C16H17N3O6/c1-8-4-5-10(6-12(8)19(23)24)18-15(21)11-7-13(20)17-9(2)14(11)16(22)25-3/h4-6,11H,7H2,1-3H3,(H,17,20)(H,18,21)/t11-/m1/s1. The molecule has 2 amide bonds. The normalized spacial score (nSPS) is 16.9. The number of nitrogens with one attached hydrogen (secondary N) is 2. The zero-order chi connectivity index (χ0) is 18.7. The number of nitro groups is 1. The van der Waals surface area contributed by atoms with Gasteiger partial charge in [-0.25, -0.2) is 4.79 Å². The van der Waals surface area contributed by atoms with Gasteiger partial charge in [0, 0.05) is 29.4 Å². The van der Waals surface area contributed by atoms with Crippen LogP contribution in [0.4, 0.5) is 11.4 Å². The number of carbonyl (C=O) groups excluding carboxylic acids is 3. The van der Waals surface area contributed by atoms with E-state index in [1.165, 1.54) is 32.2 Å². The van der Waals surface area contributed by atoms with Crippen LogP contribution in [-0.4, -0.2) is 29.8 Å². The van der Waals surface area contributed by atoms with Gasteiger partial charge in [-0.2, -0.15) is 0 Å². The van der Waals surface area contributed by atoms with E-state index in [2.05, 4.69) is 15.4 Å². The van der Waals surface area contributed by atoms with E-state index in [1.807, 2.05) is 0 Å². The van der Waals surface area contributed by atoms with Gasteiger partial charge >= 0.3 is 5.97 Å². The molecule has 0 saturated heterocycles. The number of methoxy groups -OCH3 is 1. The van der Waals surface area contributed by atoms with Gasteiger partial charge in [0.1, 0.15) is 0 Å². The molecule has 0 aromatic heterocycles. The summed E-state index contributed by atoms with van der Waals surface area (Å²) in [7, 11) is 1.18. The van der Waals surface area contributed by atoms with E-state index in [9.17, 15) is 24.5 Å². The predicted octanol–water partition coefficient (Wildman–Crippen LogP) is 1.42. The molecule has 1 aromatic carbocycles. The number of nitro benzene ring substituents is 1. The molecule has 2 N–H and O–H groups in total. The SMILES string of the molecule is COC(=O)C1=C(C)NC(=O)C[C@H]1C(=O)Nc1ccc(C)c([N+](=O)[O-])c1. The lowest BCUT2D eigenvalue weighted by molar-refractivity contribution is -0.385. The van der Waals surface area contributed by atoms with Gasteiger partial charge in [0.25, 0.3) is 5.69 Å². The van der Waals surface area contributed by atoms with Crippen molar-refractivity contribution in [2.45, 2.75) is 20.3 Å². The highest BCUT2D eigenvalue weighted by molar-refractivity contribution is 6.06. The van der Waals surface area contributed by atoms with Crippen molar-refractivity contribution in [3.63, 3.8) is 0 Å². The molecule has 0 bridgehead atoms. The molecule has 1 heterocycles. The van der Waals surface area contributed by atoms with Crippen LogP contribution in [0.25, 0.3) is 0 Å². The van der Waals surface area contributed by atoms with Gasteiger partial charge in [-0.05, 0) is 19.9 Å². The molecule has 1 aliphatic heterocycles. The summed E-state index contributed by atoms with van der Waals surface area (Å²) in [5.74, 6) is -2.78. The highest BCUT2D eigenvalue weighted by Crippen LogP contribution is 2.27. The van der Waals surface area contributed by atoms with E-state index in [-0.39, 0.29) is 29.1 Å². The lowest BCUT2D eigenvalue weighted by Gasteiger charge is -2.25. The maximum atomic E-state index is 12.6. The van der Waals surface area contributed by atoms with E-state index in [0.29, 0.717) is 5.56 Å². The Balaban J connectivity index is 2.31. The molecule has 1 aromatic rings. The summed E-state index contributed by atoms with van der Waals surface area (Å²) >= 11 is 0. The smallest absolute Gasteiger partial charge is 0.336 e. The van der Waals surface area contributed by atoms with Crippen LogP contribution in [0.1, 0.15) is 18.9 Å². The van der Waals surface area contributed by atoms with Crippen LogP contribution in [-0.2, 0) is 19.1 Å². The van der Waals surface area contributed by atoms with Crippen molar-refractivity contribution < 1.29 is 24.0 Å². The monoisotopic (exact) mass is 347 g/mol. The second-order valence-electron chi connectivity index (χ2n) is 5.58. The Kier molecular flexibility index (Phi) is 5.16. The third-order valence-corrected chi connectivity index (χ3v) is 3.86. The number of benzene rings is 1. The zero-order valence-electron chi connectivity index (χ0n) is 13.9. The maximum absolute atomic E-state index is 12.6. The van der Waals surface area contributed by atoms with E-state index in [0.717, 1.165) is 0 Å². The molecule has 1 aliphatic rings. The first-order valence-corrected chi connectivity index (χ1v) is 7.39. The Morgan fingerprint density at radius 3 is 2.64 bits per heavy atom. The van der Waals surface area contributed by atoms with E-state index >= 15 is 0 Å². The molecular weight excluding hydrogens is 330 g/mol. The predicted molar refractivity (Wildman–Crippen MR) is 87.4 cm³/mol. The molecule has 25 heavy (non-hydrogen) atoms. The number of carbonyl (C=O) groups is 3. The number of rotatable bonds is 4. The van der Waals surface area contributed by atoms with Gasteiger partial charge in [0.15, 0.2) is 0 Å². The fourth-order valence-electron chi connectivity index (χ4n) is 2.62. The third kappa shape index (κ3) is 3.82. The number of ether oxygens (including phenoxy) is 1. The van der Waals surface area contributed by atoms with Crippen LogP contribution >= 0.6 is 0 Å². The fourth-order valence-corrected chi connectivity index (χ4v) is 2.62. The molecule has 1 atom stereocenters. The summed E-state index contributed by atoms with van der Waals surface area (Å²) in [5.41, 5.74) is 0.819. The number of nitrogens with zero attached hydrogens (tertiary/aromatic N) is 1. The van der Waals surface area contributed by atoms with Gasteiger partial charge < -0.3 is 15.4 Å². The molecule has 0 aliphatic carbocycles. The molecule has 0 unspecified atom stereocenters. The average Bonchev–Trinajstić information content (AvgIpc) is 2.54. The number of hydrogen-bond donors (Lipinski definition) is 2. The van der Waals surface area contributed by atoms with Crippen molar-refractivity contribution >= 4 is 29.2 Å². The molecule has 2 rings (SSSR count). The summed E-state index contributed by atoms with van der Waals surface area (Å²) in [6.07, 6.45) is -0.221. The number of allylic oxidation sites excluding steroid dienone is 1. The number of hydrogen-bond acceptors (Lipinski definition) is 6. The van der Waals surface area contributed by atoms with Crippen molar-refractivity contribution in [3.8, 4) is 0 Å². The van der Waals surface area contributed by atoms with E-state index in [4.69, 9.17) is 0 Å². The summed E-state index contributed by atoms with van der Waals surface area (Å²) in [6, 6.07) is 4.24. The van der Waals surface area contributed by atoms with Crippen molar-refractivity contribution in [3.05, 3.63) is 45.1 Å². The maximum Gasteiger partial charge on any atom is 0.336 e. The van der Waals surface area contributed by atoms with Crippen LogP contribution in [0.15, 0.2) is 29.5 Å². The quantitative estimate of drug-likeness (QED) is 0.482. The lowest BCUT2D eigenvalue weighted by Crippen LogP contribution is -2.40. The van der Waals surface area contributed by atoms with Gasteiger partial charge in [-0.1, -0.05) is 6.07 Å². The Morgan fingerprint density at radius 2 is 2.04 bits per heavy atom. The van der Waals surface area contributed by atoms with E-state index < -0.39 is 28.6 Å². The largest absolute Gasteiger partial charge is 0.466 e. The van der Waals surface area contributed by atoms with Crippen molar-refractivity contribution in [1.29, 1.82) is 0 Å². The van der Waals surface area contributed by atoms with Crippen molar-refractivity contribution in [2.24, 2.45) is 5.92 Å². The second kappa shape index (κ2) is 7.12. The second-order valence-corrected chi connectivity index (χ2v) is 5.58. The minimum absolute atomic E-state index is 0.0567. The number of aryl methyl sites for hydroxylation is 1. The van der Waals surface area contributed by atoms with Gasteiger partial charge in [0.2, 0.25) is 11.8 Å². The van der Waals surface area contributed by atoms with Crippen molar-refractivity contribution in [1.82, 2.24) is 5.32 Å². The van der Waals surface area contributed by atoms with Crippen molar-refractivity contribution in [2.75, 3.05) is 12.4 Å². The lowest BCUT2D eigenvalue weighted by atomic mass is 9.89. The fraction of sp³-hybridized carbons (Fsp3) is 0.312. The third-order valence-electron chi connectivity index (χ3n) is 3.86. The number of esters is 1. The first-order valence-electron chi connectivity index (χ1n) is 7.39. The first kappa shape index (κ1) is 18.1. The summed E-state index contributed by atoms with van der Waals surface area (Å²) in [4.78, 5) is 46.7. The highest BCUT2D eigenvalue weighted by Gasteiger charge is 2.36. The van der Waals surface area contributed by atoms with Crippen LogP contribution in [0, 0.1) is 23.0 Å². The summed E-state index contributed by atoms with van der Waals surface area (Å²) in [6.45, 7) is 3.08. The molecule has 132 valence electrons. The first-order chi connectivity index (χ1) is 11.7. The zero-order valence-corrected chi connectivity index (χ0v) is 13.9. The highest BCUT2D eigenvalue weighted by atomic mass is 16.6. The van der Waals surface area contributed by atoms with Crippen LogP contribution in [0.3, 0.4) is 0 Å². The summed E-state index contributed by atoms with van der Waals surface area (Å²) < 4.78 is 4.67. The average molecular weight is 347 g/mol. The molecule has 0 radical (unpaired) electrons. The Morgan fingerprint density at radius 1 is 1.36 bits per heavy atom. The Bertz CT molecular complexity index is 799. The Hall–Kier alpha value is -3.23. The van der Waals surface area contributed by atoms with Crippen LogP contribution in [0.2, 0.25) is 0 Å². The molecule has 9 nitrogen and oxygen atoms in total.